The van der Waals surface area contributed by atoms with Crippen LogP contribution in [-0.4, -0.2) is 55.9 Å². The summed E-state index contributed by atoms with van der Waals surface area (Å²) in [5, 5.41) is 0.980. The molecule has 0 spiro atoms. The molecule has 1 N–H and O–H groups in total. The average Bonchev–Trinajstić information content (AvgIpc) is 2.99. The van der Waals surface area contributed by atoms with Crippen molar-refractivity contribution in [2.45, 2.75) is 13.0 Å². The summed E-state index contributed by atoms with van der Waals surface area (Å²) in [6, 6.07) is 5.38. The minimum Gasteiger partial charge on any atom is -0.497 e. The van der Waals surface area contributed by atoms with Crippen molar-refractivity contribution in [1.29, 1.82) is 0 Å². The number of fused-ring (bicyclic) bond motifs is 1. The zero-order chi connectivity index (χ0) is 16.2. The highest BCUT2D eigenvalue weighted by molar-refractivity contribution is 5.90. The third-order valence-corrected chi connectivity index (χ3v) is 4.14. The average molecular weight is 318 g/mol. The number of aromatic nitrogens is 1. The number of H-pyrrole nitrogens is 1. The normalized spacial score (nSPS) is 17.1. The van der Waals surface area contributed by atoms with E-state index in [1.54, 1.807) is 7.11 Å². The van der Waals surface area contributed by atoms with Gasteiger partial charge in [-0.3, -0.25) is 4.90 Å². The summed E-state index contributed by atoms with van der Waals surface area (Å²) in [7, 11) is 1.64. The second-order valence-electron chi connectivity index (χ2n) is 5.46. The molecule has 0 saturated carbocycles. The summed E-state index contributed by atoms with van der Waals surface area (Å²) in [6.45, 7) is 4.86. The summed E-state index contributed by atoms with van der Waals surface area (Å²) in [6.07, 6.45) is 1.89. The Morgan fingerprint density at radius 2 is 2.17 bits per heavy atom. The van der Waals surface area contributed by atoms with E-state index >= 15 is 0 Å². The van der Waals surface area contributed by atoms with Crippen molar-refractivity contribution in [3.8, 4) is 5.75 Å². The van der Waals surface area contributed by atoms with Crippen LogP contribution in [0.25, 0.3) is 10.9 Å². The van der Waals surface area contributed by atoms with Crippen LogP contribution >= 0.6 is 0 Å². The molecule has 1 aliphatic heterocycles. The van der Waals surface area contributed by atoms with Gasteiger partial charge in [-0.15, -0.1) is 0 Å². The summed E-state index contributed by atoms with van der Waals surface area (Å²) < 4.78 is 16.0. The van der Waals surface area contributed by atoms with Crippen LogP contribution in [0, 0.1) is 0 Å². The van der Waals surface area contributed by atoms with E-state index in [1.165, 1.54) is 0 Å². The van der Waals surface area contributed by atoms with Crippen molar-refractivity contribution >= 4 is 16.9 Å². The lowest BCUT2D eigenvalue weighted by Gasteiger charge is -2.32. The van der Waals surface area contributed by atoms with Crippen molar-refractivity contribution in [1.82, 2.24) is 9.88 Å². The number of carbonyl (C=O) groups is 1. The topological polar surface area (TPSA) is 63.8 Å². The first-order valence-electron chi connectivity index (χ1n) is 7.88. The molecular formula is C17H22N2O4. The zero-order valence-corrected chi connectivity index (χ0v) is 13.5. The number of methoxy groups -OCH3 is 1. The van der Waals surface area contributed by atoms with Gasteiger partial charge in [-0.2, -0.15) is 0 Å². The van der Waals surface area contributed by atoms with Gasteiger partial charge in [-0.25, -0.2) is 4.79 Å². The number of carbonyl (C=O) groups excluding carboxylic acids is 1. The van der Waals surface area contributed by atoms with Crippen molar-refractivity contribution in [3.63, 3.8) is 0 Å². The summed E-state index contributed by atoms with van der Waals surface area (Å²) >= 11 is 0. The van der Waals surface area contributed by atoms with Crippen LogP contribution in [0.5, 0.6) is 5.75 Å². The lowest BCUT2D eigenvalue weighted by atomic mass is 10.0. The van der Waals surface area contributed by atoms with Crippen LogP contribution in [0.4, 0.5) is 0 Å². The monoisotopic (exact) mass is 318 g/mol. The van der Waals surface area contributed by atoms with Gasteiger partial charge in [0.1, 0.15) is 11.8 Å². The molecule has 0 amide bonds. The first-order chi connectivity index (χ1) is 11.2. The Bertz CT molecular complexity index is 676. The molecule has 1 aliphatic rings. The fourth-order valence-electron chi connectivity index (χ4n) is 3.00. The van der Waals surface area contributed by atoms with Gasteiger partial charge in [0.2, 0.25) is 0 Å². The molecule has 1 atom stereocenters. The first kappa shape index (κ1) is 15.8. The smallest absolute Gasteiger partial charge is 0.328 e. The molecule has 6 heteroatoms. The van der Waals surface area contributed by atoms with Crippen LogP contribution < -0.4 is 4.74 Å². The summed E-state index contributed by atoms with van der Waals surface area (Å²) in [5.41, 5.74) is 1.89. The van der Waals surface area contributed by atoms with E-state index in [-0.39, 0.29) is 5.97 Å². The number of nitrogens with one attached hydrogen (secondary N) is 1. The molecule has 0 bridgehead atoms. The molecule has 2 heterocycles. The largest absolute Gasteiger partial charge is 0.497 e. The summed E-state index contributed by atoms with van der Waals surface area (Å²) in [5.74, 6) is 0.543. The number of esters is 1. The number of benzene rings is 1. The third-order valence-electron chi connectivity index (χ3n) is 4.14. The maximum absolute atomic E-state index is 12.6. The number of rotatable bonds is 5. The highest BCUT2D eigenvalue weighted by atomic mass is 16.5. The molecular weight excluding hydrogens is 296 g/mol. The van der Waals surface area contributed by atoms with Gasteiger partial charge in [-0.05, 0) is 25.1 Å². The molecule has 1 fully saturated rings. The van der Waals surface area contributed by atoms with Gasteiger partial charge < -0.3 is 19.2 Å². The quantitative estimate of drug-likeness (QED) is 0.856. The predicted molar refractivity (Wildman–Crippen MR) is 86.6 cm³/mol. The van der Waals surface area contributed by atoms with E-state index in [1.807, 2.05) is 31.3 Å². The van der Waals surface area contributed by atoms with E-state index in [2.05, 4.69) is 9.88 Å². The van der Waals surface area contributed by atoms with E-state index in [4.69, 9.17) is 14.2 Å². The Balaban J connectivity index is 2.02. The maximum Gasteiger partial charge on any atom is 0.328 e. The molecule has 6 nitrogen and oxygen atoms in total. The number of hydrogen-bond donors (Lipinski definition) is 1. The number of ether oxygens (including phenoxy) is 3. The zero-order valence-electron chi connectivity index (χ0n) is 13.5. The molecule has 1 aromatic heterocycles. The van der Waals surface area contributed by atoms with Crippen LogP contribution in [0.3, 0.4) is 0 Å². The SMILES string of the molecule is CCOC(=O)C(c1c[nH]c2ccc(OC)cc12)N1CCOCC1. The van der Waals surface area contributed by atoms with Crippen molar-refractivity contribution < 1.29 is 19.0 Å². The van der Waals surface area contributed by atoms with E-state index < -0.39 is 6.04 Å². The van der Waals surface area contributed by atoms with Crippen molar-refractivity contribution in [3.05, 3.63) is 30.0 Å². The van der Waals surface area contributed by atoms with Crippen molar-refractivity contribution in [2.24, 2.45) is 0 Å². The van der Waals surface area contributed by atoms with E-state index in [0.717, 1.165) is 22.2 Å². The molecule has 1 aromatic carbocycles. The molecule has 3 rings (SSSR count). The minimum atomic E-state index is -0.431. The Labute approximate surface area is 135 Å². The van der Waals surface area contributed by atoms with Gasteiger partial charge in [0.15, 0.2) is 0 Å². The Hall–Kier alpha value is -2.05. The van der Waals surface area contributed by atoms with Crippen LogP contribution in [0.15, 0.2) is 24.4 Å². The molecule has 124 valence electrons. The number of nitrogens with zero attached hydrogens (tertiary/aromatic N) is 1. The predicted octanol–water partition coefficient (Wildman–Crippen LogP) is 2.11. The van der Waals surface area contributed by atoms with Gasteiger partial charge >= 0.3 is 5.97 Å². The third kappa shape index (κ3) is 3.18. The van der Waals surface area contributed by atoms with Crippen molar-refractivity contribution in [2.75, 3.05) is 40.0 Å². The number of hydrogen-bond acceptors (Lipinski definition) is 5. The van der Waals surface area contributed by atoms with E-state index in [0.29, 0.717) is 32.9 Å². The molecule has 1 saturated heterocycles. The Kier molecular flexibility index (Phi) is 4.83. The standard InChI is InChI=1S/C17H22N2O4/c1-3-23-17(20)16(19-6-8-22-9-7-19)14-11-18-15-5-4-12(21-2)10-13(14)15/h4-5,10-11,16,18H,3,6-9H2,1-2H3. The summed E-state index contributed by atoms with van der Waals surface area (Å²) in [4.78, 5) is 17.9. The molecule has 2 aromatic rings. The van der Waals surface area contributed by atoms with E-state index in [9.17, 15) is 4.79 Å². The highest BCUT2D eigenvalue weighted by Crippen LogP contribution is 2.32. The second kappa shape index (κ2) is 7.02. The number of aromatic amines is 1. The van der Waals surface area contributed by atoms with Crippen LogP contribution in [0.1, 0.15) is 18.5 Å². The van der Waals surface area contributed by atoms with Gasteiger partial charge in [0, 0.05) is 35.8 Å². The molecule has 23 heavy (non-hydrogen) atoms. The van der Waals surface area contributed by atoms with Crippen LogP contribution in [-0.2, 0) is 14.3 Å². The highest BCUT2D eigenvalue weighted by Gasteiger charge is 2.32. The van der Waals surface area contributed by atoms with Gasteiger partial charge in [0.25, 0.3) is 0 Å². The molecule has 0 aliphatic carbocycles. The fourth-order valence-corrected chi connectivity index (χ4v) is 3.00. The maximum atomic E-state index is 12.6. The number of morpholine rings is 1. The Morgan fingerprint density at radius 1 is 1.39 bits per heavy atom. The van der Waals surface area contributed by atoms with Gasteiger partial charge in [-0.1, -0.05) is 0 Å². The fraction of sp³-hybridized carbons (Fsp3) is 0.471. The minimum absolute atomic E-state index is 0.224. The lowest BCUT2D eigenvalue weighted by molar-refractivity contribution is -0.151. The first-order valence-corrected chi connectivity index (χ1v) is 7.88. The molecule has 0 radical (unpaired) electrons. The van der Waals surface area contributed by atoms with Crippen LogP contribution in [0.2, 0.25) is 0 Å². The van der Waals surface area contributed by atoms with Gasteiger partial charge in [0.05, 0.1) is 26.9 Å². The second-order valence-corrected chi connectivity index (χ2v) is 5.46. The lowest BCUT2D eigenvalue weighted by Crippen LogP contribution is -2.42. The Morgan fingerprint density at radius 3 is 2.87 bits per heavy atom. The molecule has 1 unspecified atom stereocenters.